The molecule has 1 aromatic heterocycles. The van der Waals surface area contributed by atoms with E-state index in [-0.39, 0.29) is 22.9 Å². The van der Waals surface area contributed by atoms with Crippen LogP contribution in [0.5, 0.6) is 0 Å². The quantitative estimate of drug-likeness (QED) is 0.866. The third kappa shape index (κ3) is 2.71. The minimum atomic E-state index is -0.274. The standard InChI is InChI=1S/C18H23N3O2/c1-20-11-13(17(22)16-14(19)9-6-10-15(16)20)18(23)21(2)12-7-4-3-5-8-12/h6,9-12H,3-5,7-8,19H2,1-2H3. The minimum Gasteiger partial charge on any atom is -0.398 e. The number of nitrogens with zero attached hydrogens (tertiary/aromatic N) is 2. The van der Waals surface area contributed by atoms with E-state index in [9.17, 15) is 9.59 Å². The Morgan fingerprint density at radius 3 is 2.65 bits per heavy atom. The van der Waals surface area contributed by atoms with Gasteiger partial charge in [-0.3, -0.25) is 9.59 Å². The number of aryl methyl sites for hydroxylation is 1. The molecule has 0 spiro atoms. The molecule has 1 aromatic carbocycles. The summed E-state index contributed by atoms with van der Waals surface area (Å²) >= 11 is 0. The molecule has 23 heavy (non-hydrogen) atoms. The highest BCUT2D eigenvalue weighted by atomic mass is 16.2. The molecule has 1 aliphatic rings. The highest BCUT2D eigenvalue weighted by Gasteiger charge is 2.25. The van der Waals surface area contributed by atoms with Crippen molar-refractivity contribution in [3.8, 4) is 0 Å². The van der Waals surface area contributed by atoms with E-state index >= 15 is 0 Å². The van der Waals surface area contributed by atoms with Gasteiger partial charge in [-0.2, -0.15) is 0 Å². The Hall–Kier alpha value is -2.30. The van der Waals surface area contributed by atoms with Crippen molar-refractivity contribution in [1.29, 1.82) is 0 Å². The van der Waals surface area contributed by atoms with Crippen molar-refractivity contribution in [3.63, 3.8) is 0 Å². The van der Waals surface area contributed by atoms with Crippen LogP contribution >= 0.6 is 0 Å². The van der Waals surface area contributed by atoms with Crippen molar-refractivity contribution < 1.29 is 4.79 Å². The van der Waals surface area contributed by atoms with Gasteiger partial charge in [0.2, 0.25) is 5.43 Å². The van der Waals surface area contributed by atoms with Crippen LogP contribution in [0.4, 0.5) is 5.69 Å². The maximum absolute atomic E-state index is 12.8. The van der Waals surface area contributed by atoms with Gasteiger partial charge in [0.1, 0.15) is 5.56 Å². The molecular formula is C18H23N3O2. The van der Waals surface area contributed by atoms with E-state index in [2.05, 4.69) is 0 Å². The van der Waals surface area contributed by atoms with Gasteiger partial charge in [0.05, 0.1) is 10.9 Å². The smallest absolute Gasteiger partial charge is 0.259 e. The Kier molecular flexibility index (Phi) is 4.11. The van der Waals surface area contributed by atoms with Gasteiger partial charge in [-0.05, 0) is 25.0 Å². The molecule has 122 valence electrons. The number of hydrogen-bond donors (Lipinski definition) is 1. The lowest BCUT2D eigenvalue weighted by molar-refractivity contribution is 0.0694. The van der Waals surface area contributed by atoms with Crippen molar-refractivity contribution in [1.82, 2.24) is 9.47 Å². The molecule has 0 atom stereocenters. The average Bonchev–Trinajstić information content (AvgIpc) is 2.57. The number of nitrogens with two attached hydrogens (primary N) is 1. The van der Waals surface area contributed by atoms with Gasteiger partial charge in [0.25, 0.3) is 5.91 Å². The number of anilines is 1. The maximum Gasteiger partial charge on any atom is 0.259 e. The van der Waals surface area contributed by atoms with Crippen LogP contribution in [0, 0.1) is 0 Å². The third-order valence-corrected chi connectivity index (χ3v) is 4.92. The zero-order valence-corrected chi connectivity index (χ0v) is 13.7. The van der Waals surface area contributed by atoms with Crippen LogP contribution in [-0.2, 0) is 7.05 Å². The van der Waals surface area contributed by atoms with Crippen LogP contribution in [-0.4, -0.2) is 28.5 Å². The summed E-state index contributed by atoms with van der Waals surface area (Å²) < 4.78 is 1.80. The monoisotopic (exact) mass is 313 g/mol. The van der Waals surface area contributed by atoms with Gasteiger partial charge in [-0.25, -0.2) is 0 Å². The van der Waals surface area contributed by atoms with Crippen molar-refractivity contribution in [3.05, 3.63) is 40.2 Å². The van der Waals surface area contributed by atoms with E-state index in [1.165, 1.54) is 6.42 Å². The number of nitrogen functional groups attached to an aromatic ring is 1. The molecule has 2 N–H and O–H groups in total. The van der Waals surface area contributed by atoms with Crippen LogP contribution in [0.1, 0.15) is 42.5 Å². The second-order valence-corrected chi connectivity index (χ2v) is 6.43. The average molecular weight is 313 g/mol. The lowest BCUT2D eigenvalue weighted by atomic mass is 9.94. The SMILES string of the molecule is CN(C(=O)c1cn(C)c2cccc(N)c2c1=O)C1CCCCC1. The second kappa shape index (κ2) is 6.07. The van der Waals surface area contributed by atoms with Crippen molar-refractivity contribution >= 4 is 22.5 Å². The number of carbonyl (C=O) groups is 1. The number of pyridine rings is 1. The number of aromatic nitrogens is 1. The first-order valence-corrected chi connectivity index (χ1v) is 8.15. The Balaban J connectivity index is 2.05. The number of rotatable bonds is 2. The summed E-state index contributed by atoms with van der Waals surface area (Å²) in [4.78, 5) is 27.4. The van der Waals surface area contributed by atoms with E-state index in [0.29, 0.717) is 11.1 Å². The van der Waals surface area contributed by atoms with Gasteiger partial charge in [-0.15, -0.1) is 0 Å². The first kappa shape index (κ1) is 15.6. The fourth-order valence-electron chi connectivity index (χ4n) is 3.53. The topological polar surface area (TPSA) is 68.3 Å². The van der Waals surface area contributed by atoms with Gasteiger partial charge in [0.15, 0.2) is 0 Å². The van der Waals surface area contributed by atoms with E-state index in [1.807, 2.05) is 19.2 Å². The van der Waals surface area contributed by atoms with E-state index in [1.54, 1.807) is 28.8 Å². The first-order valence-electron chi connectivity index (χ1n) is 8.15. The van der Waals surface area contributed by atoms with Gasteiger partial charge < -0.3 is 15.2 Å². The summed E-state index contributed by atoms with van der Waals surface area (Å²) in [5, 5.41) is 0.429. The second-order valence-electron chi connectivity index (χ2n) is 6.43. The largest absolute Gasteiger partial charge is 0.398 e. The highest BCUT2D eigenvalue weighted by molar-refractivity contribution is 6.00. The summed E-state index contributed by atoms with van der Waals surface area (Å²) in [6.07, 6.45) is 7.17. The van der Waals surface area contributed by atoms with Crippen LogP contribution in [0.3, 0.4) is 0 Å². The molecule has 1 saturated carbocycles. The third-order valence-electron chi connectivity index (χ3n) is 4.92. The van der Waals surface area contributed by atoms with Crippen molar-refractivity contribution in [2.75, 3.05) is 12.8 Å². The van der Waals surface area contributed by atoms with Gasteiger partial charge >= 0.3 is 0 Å². The molecule has 0 bridgehead atoms. The molecule has 1 heterocycles. The fraction of sp³-hybridized carbons (Fsp3) is 0.444. The number of benzene rings is 1. The number of fused-ring (bicyclic) bond motifs is 1. The van der Waals surface area contributed by atoms with E-state index in [4.69, 9.17) is 5.73 Å². The molecule has 3 rings (SSSR count). The molecule has 0 unspecified atom stereocenters. The highest BCUT2D eigenvalue weighted by Crippen LogP contribution is 2.23. The van der Waals surface area contributed by atoms with Gasteiger partial charge in [0, 0.05) is 32.0 Å². The predicted molar refractivity (Wildman–Crippen MR) is 92.6 cm³/mol. The van der Waals surface area contributed by atoms with E-state index in [0.717, 1.165) is 31.2 Å². The Labute approximate surface area is 135 Å². The molecular weight excluding hydrogens is 290 g/mol. The van der Waals surface area contributed by atoms with Crippen LogP contribution < -0.4 is 11.2 Å². The van der Waals surface area contributed by atoms with Crippen LogP contribution in [0.15, 0.2) is 29.2 Å². The Morgan fingerprint density at radius 2 is 1.96 bits per heavy atom. The van der Waals surface area contributed by atoms with Gasteiger partial charge in [-0.1, -0.05) is 25.3 Å². The fourth-order valence-corrected chi connectivity index (χ4v) is 3.53. The summed E-state index contributed by atoms with van der Waals surface area (Å²) in [7, 11) is 3.63. The molecule has 1 amide bonds. The number of hydrogen-bond acceptors (Lipinski definition) is 3. The Morgan fingerprint density at radius 1 is 1.26 bits per heavy atom. The zero-order chi connectivity index (χ0) is 16.6. The Bertz CT molecular complexity index is 804. The zero-order valence-electron chi connectivity index (χ0n) is 13.7. The normalized spacial score (nSPS) is 15.7. The predicted octanol–water partition coefficient (Wildman–Crippen LogP) is 2.53. The van der Waals surface area contributed by atoms with Crippen LogP contribution in [0.25, 0.3) is 10.9 Å². The van der Waals surface area contributed by atoms with Crippen molar-refractivity contribution in [2.45, 2.75) is 38.1 Å². The molecule has 0 saturated heterocycles. The lowest BCUT2D eigenvalue weighted by Crippen LogP contribution is -2.40. The molecule has 0 aliphatic heterocycles. The minimum absolute atomic E-state index is 0.200. The first-order chi connectivity index (χ1) is 11.0. The summed E-state index contributed by atoms with van der Waals surface area (Å²) in [6, 6.07) is 5.58. The summed E-state index contributed by atoms with van der Waals surface area (Å²) in [5.41, 5.74) is 7.06. The summed E-state index contributed by atoms with van der Waals surface area (Å²) in [5.74, 6) is -0.206. The maximum atomic E-state index is 12.8. The van der Waals surface area contributed by atoms with Crippen LogP contribution in [0.2, 0.25) is 0 Å². The number of amides is 1. The molecule has 5 heteroatoms. The van der Waals surface area contributed by atoms with E-state index < -0.39 is 0 Å². The molecule has 1 fully saturated rings. The van der Waals surface area contributed by atoms with Crippen molar-refractivity contribution in [2.24, 2.45) is 7.05 Å². The number of carbonyl (C=O) groups excluding carboxylic acids is 1. The summed E-state index contributed by atoms with van der Waals surface area (Å²) in [6.45, 7) is 0. The lowest BCUT2D eigenvalue weighted by Gasteiger charge is -2.31. The molecule has 5 nitrogen and oxygen atoms in total. The molecule has 2 aromatic rings. The molecule has 0 radical (unpaired) electrons. The molecule has 1 aliphatic carbocycles.